The zero-order valence-electron chi connectivity index (χ0n) is 10.7. The molecule has 0 aromatic heterocycles. The van der Waals surface area contributed by atoms with Crippen LogP contribution in [0.5, 0.6) is 0 Å². The van der Waals surface area contributed by atoms with Gasteiger partial charge in [0.1, 0.15) is 17.7 Å². The fourth-order valence-corrected chi connectivity index (χ4v) is 2.60. The van der Waals surface area contributed by atoms with Crippen molar-refractivity contribution in [3.05, 3.63) is 35.4 Å². The zero-order chi connectivity index (χ0) is 13.8. The Balaban J connectivity index is 2.22. The van der Waals surface area contributed by atoms with Gasteiger partial charge in [0.25, 0.3) is 0 Å². The molecule has 5 heteroatoms. The van der Waals surface area contributed by atoms with Crippen LogP contribution in [0.25, 0.3) is 0 Å². The van der Waals surface area contributed by atoms with Crippen molar-refractivity contribution in [1.82, 2.24) is 5.32 Å². The number of benzene rings is 1. The molecule has 0 aliphatic heterocycles. The molecule has 104 valence electrons. The number of primary amides is 1. The van der Waals surface area contributed by atoms with Crippen molar-refractivity contribution < 1.29 is 13.6 Å². The average molecular weight is 268 g/mol. The number of hydrogen-bond donors (Lipinski definition) is 2. The highest BCUT2D eigenvalue weighted by atomic mass is 19.1. The van der Waals surface area contributed by atoms with E-state index in [1.54, 1.807) is 0 Å². The molecular weight excluding hydrogens is 250 g/mol. The first-order valence-corrected chi connectivity index (χ1v) is 6.59. The summed E-state index contributed by atoms with van der Waals surface area (Å²) < 4.78 is 27.5. The smallest absolute Gasteiger partial charge is 0.239 e. The Labute approximate surface area is 111 Å². The second-order valence-corrected chi connectivity index (χ2v) is 4.97. The first-order valence-electron chi connectivity index (χ1n) is 6.59. The quantitative estimate of drug-likeness (QED) is 0.881. The van der Waals surface area contributed by atoms with Gasteiger partial charge >= 0.3 is 0 Å². The van der Waals surface area contributed by atoms with Crippen LogP contribution < -0.4 is 11.1 Å². The maximum absolute atomic E-state index is 13.7. The predicted molar refractivity (Wildman–Crippen MR) is 68.3 cm³/mol. The molecule has 0 spiro atoms. The predicted octanol–water partition coefficient (Wildman–Crippen LogP) is 2.41. The van der Waals surface area contributed by atoms with Gasteiger partial charge < -0.3 is 5.73 Å². The normalized spacial score (nSPS) is 18.2. The third-order valence-corrected chi connectivity index (χ3v) is 3.58. The number of carbonyl (C=O) groups is 1. The number of hydrogen-bond acceptors (Lipinski definition) is 2. The molecule has 1 aliphatic rings. The summed E-state index contributed by atoms with van der Waals surface area (Å²) in [4.78, 5) is 11.5. The summed E-state index contributed by atoms with van der Waals surface area (Å²) in [6.07, 6.45) is 5.08. The lowest BCUT2D eigenvalue weighted by atomic mass is 9.93. The van der Waals surface area contributed by atoms with Gasteiger partial charge in [-0.05, 0) is 25.0 Å². The Kier molecular flexibility index (Phi) is 4.47. The summed E-state index contributed by atoms with van der Waals surface area (Å²) in [6, 6.07) is 2.52. The van der Waals surface area contributed by atoms with E-state index < -0.39 is 23.6 Å². The molecule has 1 unspecified atom stereocenters. The van der Waals surface area contributed by atoms with Gasteiger partial charge in [-0.3, -0.25) is 10.1 Å². The maximum atomic E-state index is 13.7. The van der Waals surface area contributed by atoms with E-state index in [0.29, 0.717) is 0 Å². The third kappa shape index (κ3) is 3.29. The molecule has 0 bridgehead atoms. The SMILES string of the molecule is NC(=O)C(NC1CCCCC1)c1c(F)cccc1F. The number of nitrogens with two attached hydrogens (primary N) is 1. The summed E-state index contributed by atoms with van der Waals surface area (Å²) in [5, 5.41) is 3.00. The van der Waals surface area contributed by atoms with Crippen LogP contribution in [-0.2, 0) is 4.79 Å². The van der Waals surface area contributed by atoms with E-state index in [-0.39, 0.29) is 11.6 Å². The number of amides is 1. The summed E-state index contributed by atoms with van der Waals surface area (Å²) in [5.41, 5.74) is 5.01. The summed E-state index contributed by atoms with van der Waals surface area (Å²) >= 11 is 0. The standard InChI is InChI=1S/C14H18F2N2O/c15-10-7-4-8-11(16)12(10)13(14(17)19)18-9-5-2-1-3-6-9/h4,7-9,13,18H,1-3,5-6H2,(H2,17,19). The van der Waals surface area contributed by atoms with Crippen molar-refractivity contribution in [3.8, 4) is 0 Å². The Morgan fingerprint density at radius 2 is 1.79 bits per heavy atom. The molecule has 0 saturated heterocycles. The van der Waals surface area contributed by atoms with Crippen LogP contribution in [-0.4, -0.2) is 11.9 Å². The van der Waals surface area contributed by atoms with Crippen molar-refractivity contribution >= 4 is 5.91 Å². The molecular formula is C14H18F2N2O. The van der Waals surface area contributed by atoms with Crippen molar-refractivity contribution in [3.63, 3.8) is 0 Å². The van der Waals surface area contributed by atoms with E-state index in [0.717, 1.165) is 44.2 Å². The van der Waals surface area contributed by atoms with Crippen LogP contribution in [0.2, 0.25) is 0 Å². The van der Waals surface area contributed by atoms with E-state index in [4.69, 9.17) is 5.73 Å². The Hall–Kier alpha value is -1.49. The highest BCUT2D eigenvalue weighted by Gasteiger charge is 2.27. The lowest BCUT2D eigenvalue weighted by Crippen LogP contribution is -2.41. The van der Waals surface area contributed by atoms with Gasteiger partial charge in [0.05, 0.1) is 0 Å². The van der Waals surface area contributed by atoms with E-state index in [1.807, 2.05) is 0 Å². The minimum Gasteiger partial charge on any atom is -0.368 e. The van der Waals surface area contributed by atoms with Gasteiger partial charge in [-0.15, -0.1) is 0 Å². The van der Waals surface area contributed by atoms with Gasteiger partial charge in [0.2, 0.25) is 5.91 Å². The molecule has 1 fully saturated rings. The van der Waals surface area contributed by atoms with Crippen LogP contribution in [0.1, 0.15) is 43.7 Å². The Bertz CT molecular complexity index is 439. The van der Waals surface area contributed by atoms with Gasteiger partial charge in [0.15, 0.2) is 0 Å². The monoisotopic (exact) mass is 268 g/mol. The lowest BCUT2D eigenvalue weighted by Gasteiger charge is -2.27. The summed E-state index contributed by atoms with van der Waals surface area (Å²) in [5.74, 6) is -2.24. The molecule has 1 aliphatic carbocycles. The first-order chi connectivity index (χ1) is 9.09. The Morgan fingerprint density at radius 1 is 1.21 bits per heavy atom. The highest BCUT2D eigenvalue weighted by molar-refractivity contribution is 5.81. The molecule has 1 aromatic rings. The molecule has 1 saturated carbocycles. The van der Waals surface area contributed by atoms with Gasteiger partial charge in [-0.1, -0.05) is 25.3 Å². The van der Waals surface area contributed by atoms with E-state index in [1.165, 1.54) is 6.07 Å². The topological polar surface area (TPSA) is 55.1 Å². The average Bonchev–Trinajstić information content (AvgIpc) is 2.38. The summed E-state index contributed by atoms with van der Waals surface area (Å²) in [6.45, 7) is 0. The molecule has 2 rings (SSSR count). The number of halogens is 2. The van der Waals surface area contributed by atoms with Gasteiger partial charge in [0, 0.05) is 11.6 Å². The fraction of sp³-hybridized carbons (Fsp3) is 0.500. The second kappa shape index (κ2) is 6.10. The molecule has 3 nitrogen and oxygen atoms in total. The van der Waals surface area contributed by atoms with E-state index in [9.17, 15) is 13.6 Å². The zero-order valence-corrected chi connectivity index (χ0v) is 10.7. The van der Waals surface area contributed by atoms with Crippen molar-refractivity contribution in [2.75, 3.05) is 0 Å². The van der Waals surface area contributed by atoms with Crippen LogP contribution >= 0.6 is 0 Å². The van der Waals surface area contributed by atoms with E-state index >= 15 is 0 Å². The molecule has 0 radical (unpaired) electrons. The number of rotatable bonds is 4. The highest BCUT2D eigenvalue weighted by Crippen LogP contribution is 2.24. The van der Waals surface area contributed by atoms with Crippen LogP contribution in [0.3, 0.4) is 0 Å². The minimum atomic E-state index is -1.11. The van der Waals surface area contributed by atoms with Gasteiger partial charge in [-0.25, -0.2) is 8.78 Å². The van der Waals surface area contributed by atoms with Crippen molar-refractivity contribution in [2.24, 2.45) is 5.73 Å². The number of carbonyl (C=O) groups excluding carboxylic acids is 1. The van der Waals surface area contributed by atoms with Crippen LogP contribution in [0, 0.1) is 11.6 Å². The number of nitrogens with one attached hydrogen (secondary N) is 1. The van der Waals surface area contributed by atoms with Crippen LogP contribution in [0.15, 0.2) is 18.2 Å². The summed E-state index contributed by atoms with van der Waals surface area (Å²) in [7, 11) is 0. The molecule has 1 aromatic carbocycles. The van der Waals surface area contributed by atoms with E-state index in [2.05, 4.69) is 5.32 Å². The fourth-order valence-electron chi connectivity index (χ4n) is 2.60. The minimum absolute atomic E-state index is 0.0882. The largest absolute Gasteiger partial charge is 0.368 e. The Morgan fingerprint density at radius 3 is 2.32 bits per heavy atom. The molecule has 19 heavy (non-hydrogen) atoms. The van der Waals surface area contributed by atoms with Crippen LogP contribution in [0.4, 0.5) is 8.78 Å². The first kappa shape index (κ1) is 13.9. The molecule has 0 heterocycles. The van der Waals surface area contributed by atoms with Gasteiger partial charge in [-0.2, -0.15) is 0 Å². The molecule has 1 atom stereocenters. The van der Waals surface area contributed by atoms with Crippen molar-refractivity contribution in [2.45, 2.75) is 44.2 Å². The third-order valence-electron chi connectivity index (χ3n) is 3.58. The maximum Gasteiger partial charge on any atom is 0.239 e. The second-order valence-electron chi connectivity index (χ2n) is 4.97. The van der Waals surface area contributed by atoms with Crippen molar-refractivity contribution in [1.29, 1.82) is 0 Å². The molecule has 1 amide bonds. The molecule has 3 N–H and O–H groups in total. The lowest BCUT2D eigenvalue weighted by molar-refractivity contribution is -0.120.